The van der Waals surface area contributed by atoms with Crippen LogP contribution in [0.25, 0.3) is 0 Å². The maximum atomic E-state index is 13.0. The third kappa shape index (κ3) is 4.66. The molecule has 1 amide bonds. The second-order valence-electron chi connectivity index (χ2n) is 7.69. The van der Waals surface area contributed by atoms with E-state index in [2.05, 4.69) is 41.2 Å². The number of piperazine rings is 1. The van der Waals surface area contributed by atoms with Crippen LogP contribution in [0.15, 0.2) is 71.5 Å². The zero-order valence-corrected chi connectivity index (χ0v) is 17.2. The number of carbonyl (C=O) groups excluding carboxylic acids is 1. The van der Waals surface area contributed by atoms with Gasteiger partial charge in [-0.05, 0) is 29.7 Å². The molecule has 0 spiro atoms. The lowest BCUT2D eigenvalue weighted by atomic mass is 10.1. The largest absolute Gasteiger partial charge is 0.335 e. The van der Waals surface area contributed by atoms with E-state index in [9.17, 15) is 9.59 Å². The van der Waals surface area contributed by atoms with E-state index >= 15 is 0 Å². The molecule has 30 heavy (non-hydrogen) atoms. The number of carbonyl (C=O) groups is 1. The number of rotatable bonds is 5. The Morgan fingerprint density at radius 3 is 2.30 bits per heavy atom. The summed E-state index contributed by atoms with van der Waals surface area (Å²) in [7, 11) is 0. The van der Waals surface area contributed by atoms with Gasteiger partial charge in [0.15, 0.2) is 0 Å². The first-order chi connectivity index (χ1) is 14.6. The second-order valence-corrected chi connectivity index (χ2v) is 7.69. The van der Waals surface area contributed by atoms with Gasteiger partial charge in [-0.15, -0.1) is 0 Å². The highest BCUT2D eigenvalue weighted by Gasteiger charge is 2.23. The normalized spacial score (nSPS) is 14.6. The molecule has 0 N–H and O–H groups in total. The predicted octanol–water partition coefficient (Wildman–Crippen LogP) is 2.56. The SMILES string of the molecule is Cc1ccccc1CN1CCN(C(=O)c2ccc(=O)n(Cc3ccccc3)n2)CC1. The maximum Gasteiger partial charge on any atom is 0.274 e. The number of nitrogens with zero attached hydrogens (tertiary/aromatic N) is 4. The minimum Gasteiger partial charge on any atom is -0.335 e. The fourth-order valence-electron chi connectivity index (χ4n) is 3.73. The average molecular weight is 402 g/mol. The second kappa shape index (κ2) is 9.05. The summed E-state index contributed by atoms with van der Waals surface area (Å²) in [5.41, 5.74) is 3.70. The minimum atomic E-state index is -0.210. The van der Waals surface area contributed by atoms with Crippen molar-refractivity contribution in [2.24, 2.45) is 0 Å². The summed E-state index contributed by atoms with van der Waals surface area (Å²) in [6, 6.07) is 21.0. The summed E-state index contributed by atoms with van der Waals surface area (Å²) in [6.45, 7) is 6.34. The lowest BCUT2D eigenvalue weighted by molar-refractivity contribution is 0.0619. The van der Waals surface area contributed by atoms with Crippen molar-refractivity contribution >= 4 is 5.91 Å². The fraction of sp³-hybridized carbons (Fsp3) is 0.292. The number of hydrogen-bond donors (Lipinski definition) is 0. The van der Waals surface area contributed by atoms with Gasteiger partial charge in [-0.25, -0.2) is 4.68 Å². The monoisotopic (exact) mass is 402 g/mol. The van der Waals surface area contributed by atoms with Crippen molar-refractivity contribution in [1.82, 2.24) is 19.6 Å². The molecule has 154 valence electrons. The molecule has 1 aliphatic heterocycles. The molecule has 6 heteroatoms. The van der Waals surface area contributed by atoms with Gasteiger partial charge in [0.1, 0.15) is 5.69 Å². The first-order valence-electron chi connectivity index (χ1n) is 10.3. The molecule has 0 saturated carbocycles. The van der Waals surface area contributed by atoms with E-state index < -0.39 is 0 Å². The third-order valence-corrected chi connectivity index (χ3v) is 5.58. The zero-order valence-electron chi connectivity index (χ0n) is 17.2. The molecule has 6 nitrogen and oxygen atoms in total. The summed E-state index contributed by atoms with van der Waals surface area (Å²) in [5, 5.41) is 4.34. The Hall–Kier alpha value is -3.25. The first-order valence-corrected chi connectivity index (χ1v) is 10.3. The van der Waals surface area contributed by atoms with Crippen molar-refractivity contribution in [1.29, 1.82) is 0 Å². The van der Waals surface area contributed by atoms with Crippen molar-refractivity contribution in [3.8, 4) is 0 Å². The summed E-state index contributed by atoms with van der Waals surface area (Å²) >= 11 is 0. The van der Waals surface area contributed by atoms with Gasteiger partial charge in [0.05, 0.1) is 6.54 Å². The van der Waals surface area contributed by atoms with Gasteiger partial charge < -0.3 is 4.90 Å². The Bertz CT molecular complexity index is 1070. The first kappa shape index (κ1) is 20.0. The van der Waals surface area contributed by atoms with Crippen LogP contribution in [-0.4, -0.2) is 51.7 Å². The van der Waals surface area contributed by atoms with Gasteiger partial charge in [-0.1, -0.05) is 54.6 Å². The maximum absolute atomic E-state index is 13.0. The van der Waals surface area contributed by atoms with E-state index in [0.717, 1.165) is 25.2 Å². The van der Waals surface area contributed by atoms with Crippen LogP contribution in [-0.2, 0) is 13.1 Å². The number of aromatic nitrogens is 2. The van der Waals surface area contributed by atoms with Crippen molar-refractivity contribution in [3.05, 3.63) is 99.5 Å². The summed E-state index contributed by atoms with van der Waals surface area (Å²) in [5.74, 6) is -0.118. The highest BCUT2D eigenvalue weighted by molar-refractivity contribution is 5.92. The zero-order chi connectivity index (χ0) is 20.9. The molecule has 0 unspecified atom stereocenters. The molecular weight excluding hydrogens is 376 g/mol. The summed E-state index contributed by atoms with van der Waals surface area (Å²) in [6.07, 6.45) is 0. The lowest BCUT2D eigenvalue weighted by Crippen LogP contribution is -2.48. The molecule has 1 aliphatic rings. The molecule has 0 bridgehead atoms. The van der Waals surface area contributed by atoms with Gasteiger partial charge in [0.2, 0.25) is 0 Å². The van der Waals surface area contributed by atoms with Gasteiger partial charge in [0, 0.05) is 38.8 Å². The highest BCUT2D eigenvalue weighted by atomic mass is 16.2. The van der Waals surface area contributed by atoms with Crippen molar-refractivity contribution in [3.63, 3.8) is 0 Å². The van der Waals surface area contributed by atoms with Gasteiger partial charge in [-0.3, -0.25) is 14.5 Å². The van der Waals surface area contributed by atoms with Gasteiger partial charge in [-0.2, -0.15) is 5.10 Å². The molecule has 2 heterocycles. The van der Waals surface area contributed by atoms with Crippen LogP contribution in [0.5, 0.6) is 0 Å². The fourth-order valence-corrected chi connectivity index (χ4v) is 3.73. The van der Waals surface area contributed by atoms with Crippen LogP contribution >= 0.6 is 0 Å². The van der Waals surface area contributed by atoms with E-state index in [1.807, 2.05) is 35.2 Å². The quantitative estimate of drug-likeness (QED) is 0.658. The van der Waals surface area contributed by atoms with Crippen LogP contribution in [0.3, 0.4) is 0 Å². The van der Waals surface area contributed by atoms with Crippen LogP contribution in [0.2, 0.25) is 0 Å². The standard InChI is InChI=1S/C24H26N4O2/c1-19-7-5-6-10-21(19)18-26-13-15-27(16-14-26)24(30)22-11-12-23(29)28(25-22)17-20-8-3-2-4-9-20/h2-12H,13-18H2,1H3. The van der Waals surface area contributed by atoms with Gasteiger partial charge >= 0.3 is 0 Å². The molecule has 4 rings (SSSR count). The molecule has 0 aliphatic carbocycles. The topological polar surface area (TPSA) is 58.4 Å². The molecule has 1 fully saturated rings. The van der Waals surface area contributed by atoms with E-state index in [1.165, 1.54) is 27.9 Å². The molecule has 0 radical (unpaired) electrons. The Kier molecular flexibility index (Phi) is 6.05. The lowest BCUT2D eigenvalue weighted by Gasteiger charge is -2.34. The van der Waals surface area contributed by atoms with Crippen molar-refractivity contribution in [2.75, 3.05) is 26.2 Å². The van der Waals surface area contributed by atoms with Crippen molar-refractivity contribution < 1.29 is 4.79 Å². The molecule has 1 saturated heterocycles. The molecular formula is C24H26N4O2. The van der Waals surface area contributed by atoms with E-state index in [-0.39, 0.29) is 11.5 Å². The van der Waals surface area contributed by atoms with Crippen molar-refractivity contribution in [2.45, 2.75) is 20.0 Å². The van der Waals surface area contributed by atoms with E-state index in [1.54, 1.807) is 0 Å². The van der Waals surface area contributed by atoms with E-state index in [4.69, 9.17) is 0 Å². The van der Waals surface area contributed by atoms with Crippen LogP contribution in [0.4, 0.5) is 0 Å². The number of hydrogen-bond acceptors (Lipinski definition) is 4. The Morgan fingerprint density at radius 2 is 1.57 bits per heavy atom. The highest BCUT2D eigenvalue weighted by Crippen LogP contribution is 2.13. The Morgan fingerprint density at radius 1 is 0.867 bits per heavy atom. The van der Waals surface area contributed by atoms with Crippen LogP contribution in [0.1, 0.15) is 27.2 Å². The molecule has 0 atom stereocenters. The number of amides is 1. The smallest absolute Gasteiger partial charge is 0.274 e. The average Bonchev–Trinajstić information content (AvgIpc) is 2.78. The number of aryl methyl sites for hydroxylation is 1. The predicted molar refractivity (Wildman–Crippen MR) is 116 cm³/mol. The molecule has 2 aromatic carbocycles. The Labute approximate surface area is 176 Å². The van der Waals surface area contributed by atoms with Gasteiger partial charge in [0.25, 0.3) is 11.5 Å². The van der Waals surface area contributed by atoms with Crippen LogP contribution in [0, 0.1) is 6.92 Å². The molecule has 1 aromatic heterocycles. The number of benzene rings is 2. The molecule has 3 aromatic rings. The third-order valence-electron chi connectivity index (χ3n) is 5.58. The summed E-state index contributed by atoms with van der Waals surface area (Å²) in [4.78, 5) is 29.4. The summed E-state index contributed by atoms with van der Waals surface area (Å²) < 4.78 is 1.36. The Balaban J connectivity index is 1.40. The van der Waals surface area contributed by atoms with Crippen LogP contribution < -0.4 is 5.56 Å². The van der Waals surface area contributed by atoms with E-state index in [0.29, 0.717) is 25.3 Å². The minimum absolute atomic E-state index is 0.118.